The maximum absolute atomic E-state index is 2.65. The maximum atomic E-state index is 2.65. The van der Waals surface area contributed by atoms with E-state index in [4.69, 9.17) is 0 Å². The van der Waals surface area contributed by atoms with E-state index in [1.54, 1.807) is 0 Å². The summed E-state index contributed by atoms with van der Waals surface area (Å²) in [5.74, 6) is 1.64. The van der Waals surface area contributed by atoms with Crippen LogP contribution in [0.5, 0.6) is 0 Å². The molecule has 2 nitrogen and oxygen atoms in total. The van der Waals surface area contributed by atoms with Crippen LogP contribution in [0.25, 0.3) is 0 Å². The largest absolute Gasteiger partial charge is 0.302 e. The Hall–Kier alpha value is -0.860. The molecule has 0 amide bonds. The zero-order chi connectivity index (χ0) is 16.8. The number of hydrogen-bond acceptors (Lipinski definition) is 2. The Morgan fingerprint density at radius 3 is 1.91 bits per heavy atom. The standard InChI is InChI=1S/C21H34N2/c1-20(2,3)19-9-7-17(8-10-19)18-14-22(15-18)11-16-12-23(13-16)21(4,5)6/h7-10,16,18H,11-15H2,1-6H3. The van der Waals surface area contributed by atoms with Crippen molar-refractivity contribution >= 4 is 0 Å². The van der Waals surface area contributed by atoms with E-state index in [1.165, 1.54) is 43.9 Å². The third-order valence-electron chi connectivity index (χ3n) is 5.63. The summed E-state index contributed by atoms with van der Waals surface area (Å²) in [5, 5.41) is 0. The molecule has 2 saturated heterocycles. The molecule has 0 aliphatic carbocycles. The number of hydrogen-bond donors (Lipinski definition) is 0. The lowest BCUT2D eigenvalue weighted by Gasteiger charge is -2.51. The average molecular weight is 315 g/mol. The van der Waals surface area contributed by atoms with E-state index < -0.39 is 0 Å². The first kappa shape index (κ1) is 17.0. The normalized spacial score (nSPS) is 22.0. The van der Waals surface area contributed by atoms with Crippen molar-refractivity contribution in [2.24, 2.45) is 5.92 Å². The molecular weight excluding hydrogens is 280 g/mol. The third-order valence-corrected chi connectivity index (χ3v) is 5.63. The highest BCUT2D eigenvalue weighted by Crippen LogP contribution is 2.32. The molecule has 128 valence electrons. The Labute approximate surface area is 142 Å². The van der Waals surface area contributed by atoms with Crippen LogP contribution in [0.1, 0.15) is 58.6 Å². The van der Waals surface area contributed by atoms with Crippen molar-refractivity contribution in [3.05, 3.63) is 35.4 Å². The van der Waals surface area contributed by atoms with E-state index in [0.29, 0.717) is 5.54 Å². The molecule has 1 aromatic carbocycles. The van der Waals surface area contributed by atoms with Crippen molar-refractivity contribution in [2.75, 3.05) is 32.7 Å². The second-order valence-corrected chi connectivity index (χ2v) is 9.73. The van der Waals surface area contributed by atoms with Crippen LogP contribution in [0.15, 0.2) is 24.3 Å². The van der Waals surface area contributed by atoms with Crippen molar-refractivity contribution in [3.63, 3.8) is 0 Å². The van der Waals surface area contributed by atoms with E-state index in [9.17, 15) is 0 Å². The summed E-state index contributed by atoms with van der Waals surface area (Å²) in [7, 11) is 0. The molecule has 0 radical (unpaired) electrons. The molecule has 2 heterocycles. The van der Waals surface area contributed by atoms with Gasteiger partial charge in [-0.3, -0.25) is 4.90 Å². The number of benzene rings is 1. The van der Waals surface area contributed by atoms with E-state index in [1.807, 2.05) is 0 Å². The molecule has 2 fully saturated rings. The quantitative estimate of drug-likeness (QED) is 0.828. The van der Waals surface area contributed by atoms with Crippen molar-refractivity contribution in [3.8, 4) is 0 Å². The lowest BCUT2D eigenvalue weighted by atomic mass is 9.83. The summed E-state index contributed by atoms with van der Waals surface area (Å²) in [5.41, 5.74) is 3.57. The van der Waals surface area contributed by atoms with Crippen molar-refractivity contribution < 1.29 is 0 Å². The predicted octanol–water partition coefficient (Wildman–Crippen LogP) is 4.11. The van der Waals surface area contributed by atoms with Gasteiger partial charge in [0.25, 0.3) is 0 Å². The summed E-state index contributed by atoms with van der Waals surface area (Å²) < 4.78 is 0. The van der Waals surface area contributed by atoms with Gasteiger partial charge in [-0.25, -0.2) is 0 Å². The van der Waals surface area contributed by atoms with E-state index in [2.05, 4.69) is 75.6 Å². The molecule has 3 rings (SSSR count). The molecule has 0 spiro atoms. The Kier molecular flexibility index (Phi) is 4.35. The summed E-state index contributed by atoms with van der Waals surface area (Å²) in [6.45, 7) is 20.2. The van der Waals surface area contributed by atoms with Crippen LogP contribution in [0, 0.1) is 5.92 Å². The molecule has 0 N–H and O–H groups in total. The van der Waals surface area contributed by atoms with Gasteiger partial charge in [0.1, 0.15) is 0 Å². The van der Waals surface area contributed by atoms with Crippen molar-refractivity contribution in [1.82, 2.24) is 9.80 Å². The SMILES string of the molecule is CC(C)(C)c1ccc(C2CN(CC3CN(C(C)(C)C)C3)C2)cc1. The Morgan fingerprint density at radius 2 is 1.43 bits per heavy atom. The highest BCUT2D eigenvalue weighted by atomic mass is 15.3. The highest BCUT2D eigenvalue weighted by Gasteiger charge is 2.37. The molecule has 0 bridgehead atoms. The summed E-state index contributed by atoms with van der Waals surface area (Å²) >= 11 is 0. The Bertz CT molecular complexity index is 520. The minimum absolute atomic E-state index is 0.257. The van der Waals surface area contributed by atoms with Gasteiger partial charge in [-0.2, -0.15) is 0 Å². The topological polar surface area (TPSA) is 6.48 Å². The summed E-state index contributed by atoms with van der Waals surface area (Å²) in [6.07, 6.45) is 0. The van der Waals surface area contributed by atoms with Crippen LogP contribution in [0.3, 0.4) is 0 Å². The van der Waals surface area contributed by atoms with Crippen LogP contribution < -0.4 is 0 Å². The van der Waals surface area contributed by atoms with Crippen LogP contribution in [0.4, 0.5) is 0 Å². The van der Waals surface area contributed by atoms with Gasteiger partial charge in [0.05, 0.1) is 0 Å². The van der Waals surface area contributed by atoms with Gasteiger partial charge in [-0.15, -0.1) is 0 Å². The molecule has 0 saturated carbocycles. The fourth-order valence-corrected chi connectivity index (χ4v) is 3.78. The fraction of sp³-hybridized carbons (Fsp3) is 0.714. The monoisotopic (exact) mass is 314 g/mol. The first-order chi connectivity index (χ1) is 10.6. The number of rotatable bonds is 3. The molecular formula is C21H34N2. The van der Waals surface area contributed by atoms with Gasteiger partial charge < -0.3 is 4.90 Å². The highest BCUT2D eigenvalue weighted by molar-refractivity contribution is 5.31. The van der Waals surface area contributed by atoms with Gasteiger partial charge in [-0.05, 0) is 43.2 Å². The maximum Gasteiger partial charge on any atom is 0.0125 e. The molecule has 2 heteroatoms. The molecule has 2 aliphatic rings. The van der Waals surface area contributed by atoms with Gasteiger partial charge >= 0.3 is 0 Å². The first-order valence-electron chi connectivity index (χ1n) is 9.21. The molecule has 2 aliphatic heterocycles. The Morgan fingerprint density at radius 1 is 0.870 bits per heavy atom. The lowest BCUT2D eigenvalue weighted by Crippen LogP contribution is -2.60. The van der Waals surface area contributed by atoms with Gasteiger partial charge in [0, 0.05) is 44.2 Å². The average Bonchev–Trinajstić information content (AvgIpc) is 2.32. The second-order valence-electron chi connectivity index (χ2n) is 9.73. The summed E-state index contributed by atoms with van der Waals surface area (Å²) in [6, 6.07) is 9.36. The van der Waals surface area contributed by atoms with Crippen molar-refractivity contribution in [1.29, 1.82) is 0 Å². The smallest absolute Gasteiger partial charge is 0.0125 e. The van der Waals surface area contributed by atoms with Crippen LogP contribution in [-0.2, 0) is 5.41 Å². The third kappa shape index (κ3) is 3.80. The zero-order valence-electron chi connectivity index (χ0n) is 15.9. The molecule has 0 aromatic heterocycles. The minimum Gasteiger partial charge on any atom is -0.302 e. The minimum atomic E-state index is 0.257. The number of likely N-dealkylation sites (tertiary alicyclic amines) is 2. The fourth-order valence-electron chi connectivity index (χ4n) is 3.78. The van der Waals surface area contributed by atoms with Crippen LogP contribution in [0.2, 0.25) is 0 Å². The first-order valence-corrected chi connectivity index (χ1v) is 9.21. The van der Waals surface area contributed by atoms with Crippen LogP contribution >= 0.6 is 0 Å². The van der Waals surface area contributed by atoms with E-state index >= 15 is 0 Å². The van der Waals surface area contributed by atoms with Gasteiger partial charge in [0.2, 0.25) is 0 Å². The second kappa shape index (κ2) is 5.89. The lowest BCUT2D eigenvalue weighted by molar-refractivity contribution is -0.0144. The zero-order valence-corrected chi connectivity index (χ0v) is 15.9. The van der Waals surface area contributed by atoms with Gasteiger partial charge in [0.15, 0.2) is 0 Å². The van der Waals surface area contributed by atoms with E-state index in [0.717, 1.165) is 11.8 Å². The molecule has 23 heavy (non-hydrogen) atoms. The van der Waals surface area contributed by atoms with Crippen LogP contribution in [-0.4, -0.2) is 48.1 Å². The Balaban J connectivity index is 1.43. The predicted molar refractivity (Wildman–Crippen MR) is 99.1 cm³/mol. The summed E-state index contributed by atoms with van der Waals surface area (Å²) in [4.78, 5) is 5.24. The molecule has 1 aromatic rings. The van der Waals surface area contributed by atoms with E-state index in [-0.39, 0.29) is 5.41 Å². The number of nitrogens with zero attached hydrogens (tertiary/aromatic N) is 2. The molecule has 0 atom stereocenters. The van der Waals surface area contributed by atoms with Crippen molar-refractivity contribution in [2.45, 2.75) is 58.4 Å². The molecule has 0 unspecified atom stereocenters. The van der Waals surface area contributed by atoms with Gasteiger partial charge in [-0.1, -0.05) is 45.0 Å².